The van der Waals surface area contributed by atoms with Gasteiger partial charge in [-0.15, -0.1) is 0 Å². The molecule has 3 rings (SSSR count). The van der Waals surface area contributed by atoms with Crippen LogP contribution >= 0.6 is 0 Å². The van der Waals surface area contributed by atoms with Gasteiger partial charge in [0.2, 0.25) is 5.89 Å². The molecule has 1 saturated heterocycles. The van der Waals surface area contributed by atoms with E-state index in [0.29, 0.717) is 24.9 Å². The van der Waals surface area contributed by atoms with Crippen LogP contribution in [0.1, 0.15) is 31.7 Å². The summed E-state index contributed by atoms with van der Waals surface area (Å²) >= 11 is 0. The monoisotopic (exact) mass is 317 g/mol. The van der Waals surface area contributed by atoms with E-state index in [4.69, 9.17) is 9.26 Å². The summed E-state index contributed by atoms with van der Waals surface area (Å²) in [7, 11) is 0. The number of anilines is 1. The summed E-state index contributed by atoms with van der Waals surface area (Å²) in [6.07, 6.45) is 3.55. The lowest BCUT2D eigenvalue weighted by Crippen LogP contribution is -2.46. The number of hydrogen-bond donors (Lipinski definition) is 0. The second-order valence-electron chi connectivity index (χ2n) is 5.61. The molecule has 1 aliphatic heterocycles. The van der Waals surface area contributed by atoms with Gasteiger partial charge in [-0.25, -0.2) is 0 Å². The van der Waals surface area contributed by atoms with Gasteiger partial charge >= 0.3 is 0 Å². The molecule has 0 spiro atoms. The molecule has 0 aliphatic carbocycles. The van der Waals surface area contributed by atoms with Gasteiger partial charge in [-0.1, -0.05) is 5.16 Å². The number of hydrogen-bond acceptors (Lipinski definition) is 7. The summed E-state index contributed by atoms with van der Waals surface area (Å²) in [5.41, 5.74) is 1.23. The maximum absolute atomic E-state index is 5.48. The standard InChI is InChI=1S/C16H23N5O2/c1-3-22-13(2)16-18-15(23-19-16)12-20-8-10-21(11-9-20)14-4-6-17-7-5-14/h4-7,13H,3,8-12H2,1-2H3/t13-/m1/s1. The molecule has 1 aliphatic rings. The lowest BCUT2D eigenvalue weighted by molar-refractivity contribution is 0.0683. The summed E-state index contributed by atoms with van der Waals surface area (Å²) in [5.74, 6) is 1.28. The average molecular weight is 317 g/mol. The molecule has 3 heterocycles. The van der Waals surface area contributed by atoms with Gasteiger partial charge in [0.15, 0.2) is 5.82 Å². The van der Waals surface area contributed by atoms with Crippen molar-refractivity contribution in [3.05, 3.63) is 36.2 Å². The van der Waals surface area contributed by atoms with Crippen molar-refractivity contribution in [1.82, 2.24) is 20.0 Å². The van der Waals surface area contributed by atoms with E-state index < -0.39 is 0 Å². The van der Waals surface area contributed by atoms with E-state index in [2.05, 4.69) is 37.1 Å². The van der Waals surface area contributed by atoms with Crippen molar-refractivity contribution in [2.24, 2.45) is 0 Å². The molecular weight excluding hydrogens is 294 g/mol. The fraction of sp³-hybridized carbons (Fsp3) is 0.562. The van der Waals surface area contributed by atoms with Crippen molar-refractivity contribution >= 4 is 5.69 Å². The Morgan fingerprint density at radius 3 is 2.65 bits per heavy atom. The van der Waals surface area contributed by atoms with E-state index in [9.17, 15) is 0 Å². The van der Waals surface area contributed by atoms with Crippen LogP contribution in [0.2, 0.25) is 0 Å². The normalized spacial score (nSPS) is 17.4. The van der Waals surface area contributed by atoms with Gasteiger partial charge in [-0.3, -0.25) is 9.88 Å². The van der Waals surface area contributed by atoms with Gasteiger partial charge in [0, 0.05) is 50.9 Å². The minimum Gasteiger partial charge on any atom is -0.371 e. The number of pyridine rings is 1. The van der Waals surface area contributed by atoms with Crippen molar-refractivity contribution < 1.29 is 9.26 Å². The molecule has 0 aromatic carbocycles. The van der Waals surface area contributed by atoms with Gasteiger partial charge < -0.3 is 14.2 Å². The molecule has 0 N–H and O–H groups in total. The maximum atomic E-state index is 5.48. The highest BCUT2D eigenvalue weighted by atomic mass is 16.5. The first-order valence-electron chi connectivity index (χ1n) is 8.07. The van der Waals surface area contributed by atoms with E-state index in [1.54, 1.807) is 0 Å². The first-order valence-corrected chi connectivity index (χ1v) is 8.07. The quantitative estimate of drug-likeness (QED) is 0.806. The summed E-state index contributed by atoms with van der Waals surface area (Å²) < 4.78 is 10.8. The lowest BCUT2D eigenvalue weighted by Gasteiger charge is -2.35. The largest absolute Gasteiger partial charge is 0.371 e. The Morgan fingerprint density at radius 2 is 1.96 bits per heavy atom. The molecule has 1 fully saturated rings. The van der Waals surface area contributed by atoms with Crippen molar-refractivity contribution in [3.8, 4) is 0 Å². The highest BCUT2D eigenvalue weighted by molar-refractivity contribution is 5.44. The van der Waals surface area contributed by atoms with Crippen LogP contribution in [0.5, 0.6) is 0 Å². The maximum Gasteiger partial charge on any atom is 0.240 e. The van der Waals surface area contributed by atoms with Crippen molar-refractivity contribution in [3.63, 3.8) is 0 Å². The number of nitrogens with zero attached hydrogens (tertiary/aromatic N) is 5. The fourth-order valence-electron chi connectivity index (χ4n) is 2.73. The van der Waals surface area contributed by atoms with E-state index in [1.807, 2.05) is 26.2 Å². The molecule has 23 heavy (non-hydrogen) atoms. The molecule has 7 heteroatoms. The van der Waals surface area contributed by atoms with Gasteiger partial charge in [-0.2, -0.15) is 4.98 Å². The third-order valence-corrected chi connectivity index (χ3v) is 4.02. The van der Waals surface area contributed by atoms with E-state index in [1.165, 1.54) is 5.69 Å². The number of piperazine rings is 1. The van der Waals surface area contributed by atoms with Crippen LogP contribution in [-0.4, -0.2) is 52.8 Å². The van der Waals surface area contributed by atoms with E-state index >= 15 is 0 Å². The average Bonchev–Trinajstić information content (AvgIpc) is 3.05. The van der Waals surface area contributed by atoms with Gasteiger partial charge in [0.1, 0.15) is 6.10 Å². The first kappa shape index (κ1) is 15.9. The zero-order valence-corrected chi connectivity index (χ0v) is 13.7. The van der Waals surface area contributed by atoms with E-state index in [-0.39, 0.29) is 6.10 Å². The highest BCUT2D eigenvalue weighted by Crippen LogP contribution is 2.17. The molecule has 124 valence electrons. The van der Waals surface area contributed by atoms with Crippen LogP contribution in [-0.2, 0) is 11.3 Å². The molecule has 0 radical (unpaired) electrons. The van der Waals surface area contributed by atoms with Gasteiger partial charge in [0.05, 0.1) is 6.54 Å². The SMILES string of the molecule is CCO[C@H](C)c1noc(CN2CCN(c3ccncc3)CC2)n1. The Bertz CT molecular complexity index is 596. The molecule has 2 aromatic heterocycles. The molecule has 0 bridgehead atoms. The van der Waals surface area contributed by atoms with Crippen LogP contribution in [0.25, 0.3) is 0 Å². The van der Waals surface area contributed by atoms with Crippen LogP contribution in [0.3, 0.4) is 0 Å². The first-order chi connectivity index (χ1) is 11.3. The van der Waals surface area contributed by atoms with Crippen molar-refractivity contribution in [2.75, 3.05) is 37.7 Å². The minimum atomic E-state index is -0.124. The predicted molar refractivity (Wildman–Crippen MR) is 86.1 cm³/mol. The molecule has 1 atom stereocenters. The van der Waals surface area contributed by atoms with Crippen LogP contribution in [0, 0.1) is 0 Å². The second-order valence-corrected chi connectivity index (χ2v) is 5.61. The van der Waals surface area contributed by atoms with Crippen LogP contribution in [0.4, 0.5) is 5.69 Å². The lowest BCUT2D eigenvalue weighted by atomic mass is 10.2. The Labute approximate surface area is 136 Å². The zero-order valence-electron chi connectivity index (χ0n) is 13.7. The summed E-state index contributed by atoms with van der Waals surface area (Å²) in [5, 5.41) is 4.01. The van der Waals surface area contributed by atoms with Crippen molar-refractivity contribution in [2.45, 2.75) is 26.5 Å². The summed E-state index contributed by atoms with van der Waals surface area (Å²) in [4.78, 5) is 13.2. The molecule has 0 saturated carbocycles. The predicted octanol–water partition coefficient (Wildman–Crippen LogP) is 1.88. The minimum absolute atomic E-state index is 0.124. The summed E-state index contributed by atoms with van der Waals surface area (Å²) in [6.45, 7) is 9.15. The molecule has 2 aromatic rings. The fourth-order valence-corrected chi connectivity index (χ4v) is 2.73. The highest BCUT2D eigenvalue weighted by Gasteiger charge is 2.20. The number of ether oxygens (including phenoxy) is 1. The van der Waals surface area contributed by atoms with E-state index in [0.717, 1.165) is 26.2 Å². The number of rotatable bonds is 6. The Kier molecular flexibility index (Phi) is 5.19. The van der Waals surface area contributed by atoms with Crippen molar-refractivity contribution in [1.29, 1.82) is 0 Å². The molecular formula is C16H23N5O2. The smallest absolute Gasteiger partial charge is 0.240 e. The molecule has 7 nitrogen and oxygen atoms in total. The topological polar surface area (TPSA) is 67.5 Å². The Morgan fingerprint density at radius 1 is 1.22 bits per heavy atom. The summed E-state index contributed by atoms with van der Waals surface area (Å²) in [6, 6.07) is 4.10. The third-order valence-electron chi connectivity index (χ3n) is 4.02. The van der Waals surface area contributed by atoms with Crippen LogP contribution < -0.4 is 4.90 Å². The van der Waals surface area contributed by atoms with Gasteiger partial charge in [-0.05, 0) is 26.0 Å². The molecule has 0 amide bonds. The number of aromatic nitrogens is 3. The Balaban J connectivity index is 1.51. The van der Waals surface area contributed by atoms with Gasteiger partial charge in [0.25, 0.3) is 0 Å². The second kappa shape index (κ2) is 7.52. The third kappa shape index (κ3) is 4.05. The zero-order chi connectivity index (χ0) is 16.1. The molecule has 0 unspecified atom stereocenters. The Hall–Kier alpha value is -1.99. The van der Waals surface area contributed by atoms with Crippen LogP contribution in [0.15, 0.2) is 29.0 Å².